The lowest BCUT2D eigenvalue weighted by Gasteiger charge is -2.26. The minimum Gasteiger partial charge on any atom is -0.368 e. The molecule has 3 rings (SSSR count). The van der Waals surface area contributed by atoms with Crippen LogP contribution in [-0.4, -0.2) is 28.0 Å². The maximum absolute atomic E-state index is 13.2. The van der Waals surface area contributed by atoms with Crippen molar-refractivity contribution in [3.05, 3.63) is 30.1 Å². The Morgan fingerprint density at radius 2 is 1.90 bits per heavy atom. The first kappa shape index (κ1) is 13.5. The topological polar surface area (TPSA) is 80.0 Å². The molecule has 7 heteroatoms. The number of rotatable bonds is 3. The number of nitrogens with zero attached hydrogens (tertiary/aromatic N) is 4. The van der Waals surface area contributed by atoms with E-state index in [1.807, 2.05) is 0 Å². The summed E-state index contributed by atoms with van der Waals surface area (Å²) in [6.07, 6.45) is 3.47. The summed E-state index contributed by atoms with van der Waals surface area (Å²) in [5, 5.41) is 2.96. The van der Waals surface area contributed by atoms with Crippen molar-refractivity contribution in [3.63, 3.8) is 0 Å². The Morgan fingerprint density at radius 1 is 1.10 bits per heavy atom. The van der Waals surface area contributed by atoms with Gasteiger partial charge in [0.25, 0.3) is 0 Å². The van der Waals surface area contributed by atoms with Crippen molar-refractivity contribution in [1.82, 2.24) is 15.0 Å². The van der Waals surface area contributed by atoms with E-state index in [9.17, 15) is 4.39 Å². The number of nitrogens with one attached hydrogen (secondary N) is 1. The molecule has 3 N–H and O–H groups in total. The Balaban J connectivity index is 1.83. The van der Waals surface area contributed by atoms with Crippen molar-refractivity contribution in [2.45, 2.75) is 19.3 Å². The standard InChI is InChI=1S/C14H17FN6/c15-10-5-4-6-11(9-10)17-13-18-12(16)19-14(20-13)21-7-2-1-3-8-21/h4-6,9H,1-3,7-8H2,(H3,16,17,18,19,20). The van der Waals surface area contributed by atoms with Gasteiger partial charge in [0.15, 0.2) is 0 Å². The highest BCUT2D eigenvalue weighted by Crippen LogP contribution is 2.20. The van der Waals surface area contributed by atoms with Gasteiger partial charge < -0.3 is 16.0 Å². The van der Waals surface area contributed by atoms with E-state index in [0.717, 1.165) is 25.9 Å². The van der Waals surface area contributed by atoms with E-state index in [4.69, 9.17) is 5.73 Å². The van der Waals surface area contributed by atoms with E-state index < -0.39 is 0 Å². The molecule has 0 unspecified atom stereocenters. The van der Waals surface area contributed by atoms with Gasteiger partial charge in [-0.2, -0.15) is 15.0 Å². The number of piperidine rings is 1. The molecule has 1 aliphatic heterocycles. The SMILES string of the molecule is Nc1nc(Nc2cccc(F)c2)nc(N2CCCCC2)n1. The lowest BCUT2D eigenvalue weighted by molar-refractivity contribution is 0.568. The predicted molar refractivity (Wildman–Crippen MR) is 80.0 cm³/mol. The highest BCUT2D eigenvalue weighted by atomic mass is 19.1. The number of nitrogens with two attached hydrogens (primary N) is 1. The average Bonchev–Trinajstić information content (AvgIpc) is 2.47. The molecule has 0 amide bonds. The zero-order valence-electron chi connectivity index (χ0n) is 11.6. The number of hydrogen-bond donors (Lipinski definition) is 2. The Kier molecular flexibility index (Phi) is 3.81. The molecule has 110 valence electrons. The summed E-state index contributed by atoms with van der Waals surface area (Å²) >= 11 is 0. The van der Waals surface area contributed by atoms with Gasteiger partial charge in [-0.1, -0.05) is 6.07 Å². The molecule has 1 aromatic heterocycles. The third-order valence-corrected chi connectivity index (χ3v) is 3.36. The summed E-state index contributed by atoms with van der Waals surface area (Å²) < 4.78 is 13.2. The van der Waals surface area contributed by atoms with Crippen LogP contribution >= 0.6 is 0 Å². The minimum atomic E-state index is -0.321. The Morgan fingerprint density at radius 3 is 2.67 bits per heavy atom. The fourth-order valence-corrected chi connectivity index (χ4v) is 2.37. The first-order valence-electron chi connectivity index (χ1n) is 7.00. The van der Waals surface area contributed by atoms with Gasteiger partial charge in [0.05, 0.1) is 0 Å². The molecule has 0 radical (unpaired) electrons. The van der Waals surface area contributed by atoms with E-state index >= 15 is 0 Å². The lowest BCUT2D eigenvalue weighted by Crippen LogP contribution is -2.31. The second kappa shape index (κ2) is 5.90. The predicted octanol–water partition coefficient (Wildman–Crippen LogP) is 2.33. The maximum atomic E-state index is 13.2. The zero-order chi connectivity index (χ0) is 14.7. The Bertz CT molecular complexity index is 627. The molecule has 0 bridgehead atoms. The molecule has 0 aliphatic carbocycles. The second-order valence-corrected chi connectivity index (χ2v) is 5.00. The fourth-order valence-electron chi connectivity index (χ4n) is 2.37. The van der Waals surface area contributed by atoms with Crippen LogP contribution in [0.5, 0.6) is 0 Å². The Hall–Kier alpha value is -2.44. The third-order valence-electron chi connectivity index (χ3n) is 3.36. The summed E-state index contributed by atoms with van der Waals surface area (Å²) in [5.41, 5.74) is 6.32. The van der Waals surface area contributed by atoms with Crippen LogP contribution in [0.1, 0.15) is 19.3 Å². The molecule has 1 aromatic carbocycles. The van der Waals surface area contributed by atoms with Crippen LogP contribution in [0.2, 0.25) is 0 Å². The van der Waals surface area contributed by atoms with E-state index in [1.54, 1.807) is 12.1 Å². The van der Waals surface area contributed by atoms with E-state index in [-0.39, 0.29) is 11.8 Å². The maximum Gasteiger partial charge on any atom is 0.233 e. The number of halogens is 1. The summed E-state index contributed by atoms with van der Waals surface area (Å²) in [5.74, 6) is 0.734. The number of anilines is 4. The fraction of sp³-hybridized carbons (Fsp3) is 0.357. The number of aromatic nitrogens is 3. The number of hydrogen-bond acceptors (Lipinski definition) is 6. The second-order valence-electron chi connectivity index (χ2n) is 5.00. The number of nitrogen functional groups attached to an aromatic ring is 1. The molecule has 1 aliphatic rings. The first-order valence-corrected chi connectivity index (χ1v) is 7.00. The van der Waals surface area contributed by atoms with Crippen LogP contribution in [0.25, 0.3) is 0 Å². The molecule has 6 nitrogen and oxygen atoms in total. The van der Waals surface area contributed by atoms with Crippen molar-refractivity contribution in [3.8, 4) is 0 Å². The van der Waals surface area contributed by atoms with Crippen molar-refractivity contribution >= 4 is 23.5 Å². The highest BCUT2D eigenvalue weighted by molar-refractivity contribution is 5.55. The normalized spacial score (nSPS) is 15.0. The molecule has 1 saturated heterocycles. The van der Waals surface area contributed by atoms with Crippen molar-refractivity contribution in [2.24, 2.45) is 0 Å². The first-order chi connectivity index (χ1) is 10.2. The van der Waals surface area contributed by atoms with Gasteiger partial charge in [-0.05, 0) is 37.5 Å². The van der Waals surface area contributed by atoms with E-state index in [0.29, 0.717) is 17.6 Å². The molecule has 0 saturated carbocycles. The van der Waals surface area contributed by atoms with Gasteiger partial charge >= 0.3 is 0 Å². The number of benzene rings is 1. The molecule has 2 aromatic rings. The largest absolute Gasteiger partial charge is 0.368 e. The molecular formula is C14H17FN6. The van der Waals surface area contributed by atoms with Crippen molar-refractivity contribution in [1.29, 1.82) is 0 Å². The summed E-state index contributed by atoms with van der Waals surface area (Å²) in [7, 11) is 0. The van der Waals surface area contributed by atoms with E-state index in [2.05, 4.69) is 25.2 Å². The van der Waals surface area contributed by atoms with Crippen LogP contribution in [-0.2, 0) is 0 Å². The van der Waals surface area contributed by atoms with Gasteiger partial charge in [-0.3, -0.25) is 0 Å². The van der Waals surface area contributed by atoms with Gasteiger partial charge in [0.2, 0.25) is 17.8 Å². The molecule has 2 heterocycles. The quantitative estimate of drug-likeness (QED) is 0.902. The molecule has 0 atom stereocenters. The van der Waals surface area contributed by atoms with Crippen molar-refractivity contribution in [2.75, 3.05) is 29.0 Å². The van der Waals surface area contributed by atoms with Crippen LogP contribution in [0.3, 0.4) is 0 Å². The molecule has 0 spiro atoms. The van der Waals surface area contributed by atoms with Gasteiger partial charge in [-0.15, -0.1) is 0 Å². The molecule has 1 fully saturated rings. The third kappa shape index (κ3) is 3.36. The highest BCUT2D eigenvalue weighted by Gasteiger charge is 2.15. The summed E-state index contributed by atoms with van der Waals surface area (Å²) in [4.78, 5) is 14.7. The van der Waals surface area contributed by atoms with Crippen molar-refractivity contribution < 1.29 is 4.39 Å². The summed E-state index contributed by atoms with van der Waals surface area (Å²) in [6.45, 7) is 1.84. The van der Waals surface area contributed by atoms with E-state index in [1.165, 1.54) is 18.6 Å². The van der Waals surface area contributed by atoms with Gasteiger partial charge in [-0.25, -0.2) is 4.39 Å². The van der Waals surface area contributed by atoms with Crippen LogP contribution in [0, 0.1) is 5.82 Å². The average molecular weight is 288 g/mol. The Labute approximate surface area is 122 Å². The monoisotopic (exact) mass is 288 g/mol. The summed E-state index contributed by atoms with van der Waals surface area (Å²) in [6, 6.07) is 6.12. The lowest BCUT2D eigenvalue weighted by atomic mass is 10.1. The van der Waals surface area contributed by atoms with Crippen LogP contribution < -0.4 is 16.0 Å². The van der Waals surface area contributed by atoms with Crippen LogP contribution in [0.4, 0.5) is 27.9 Å². The molecular weight excluding hydrogens is 271 g/mol. The smallest absolute Gasteiger partial charge is 0.233 e. The molecule has 21 heavy (non-hydrogen) atoms. The zero-order valence-corrected chi connectivity index (χ0v) is 11.6. The van der Waals surface area contributed by atoms with Gasteiger partial charge in [0.1, 0.15) is 5.82 Å². The van der Waals surface area contributed by atoms with Crippen LogP contribution in [0.15, 0.2) is 24.3 Å². The minimum absolute atomic E-state index is 0.157. The van der Waals surface area contributed by atoms with Gasteiger partial charge in [0, 0.05) is 18.8 Å².